The standard InChI is InChI=1S/C33H43N3O7/c1-7-10-21-36(29(25-15-11-23(8-2)12-16-25)30(39)34-20-19-28(38)42-9-3)31(40)27(35-32(41)43-33(4,5)6)22-24-13-17-26(37)18-14-24/h2,11-18,27,29,37H,7,9-10,19-22H2,1,3-6H3,(H,34,39)(H,35,41). The fourth-order valence-electron chi connectivity index (χ4n) is 4.26. The molecule has 0 aliphatic heterocycles. The van der Waals surface area contributed by atoms with Crippen LogP contribution in [0.2, 0.25) is 0 Å². The van der Waals surface area contributed by atoms with Crippen LogP contribution in [0.3, 0.4) is 0 Å². The van der Waals surface area contributed by atoms with Crippen molar-refractivity contribution < 1.29 is 33.8 Å². The number of terminal acetylenes is 1. The summed E-state index contributed by atoms with van der Waals surface area (Å²) in [6.07, 6.45) is 6.11. The molecule has 0 aromatic heterocycles. The fraction of sp³-hybridized carbons (Fsp3) is 0.455. The second-order valence-electron chi connectivity index (χ2n) is 11.0. The van der Waals surface area contributed by atoms with Crippen LogP contribution in [0.5, 0.6) is 5.75 Å². The molecular formula is C33H43N3O7. The first kappa shape index (κ1) is 34.7. The van der Waals surface area contributed by atoms with Gasteiger partial charge in [0.15, 0.2) is 0 Å². The maximum Gasteiger partial charge on any atom is 0.408 e. The number of carbonyl (C=O) groups excluding carboxylic acids is 4. The number of amides is 3. The second kappa shape index (κ2) is 16.8. The number of carbonyl (C=O) groups is 4. The molecule has 3 N–H and O–H groups in total. The quantitative estimate of drug-likeness (QED) is 0.220. The summed E-state index contributed by atoms with van der Waals surface area (Å²) in [7, 11) is 0. The number of rotatable bonds is 14. The van der Waals surface area contributed by atoms with Gasteiger partial charge in [-0.1, -0.05) is 43.5 Å². The number of hydrogen-bond acceptors (Lipinski definition) is 7. The van der Waals surface area contributed by atoms with Gasteiger partial charge in [-0.3, -0.25) is 14.4 Å². The molecular weight excluding hydrogens is 550 g/mol. The third kappa shape index (κ3) is 11.7. The summed E-state index contributed by atoms with van der Waals surface area (Å²) < 4.78 is 10.4. The summed E-state index contributed by atoms with van der Waals surface area (Å²) in [5.74, 6) is 1.16. The molecule has 0 heterocycles. The van der Waals surface area contributed by atoms with Crippen molar-refractivity contribution in [2.45, 2.75) is 78.0 Å². The van der Waals surface area contributed by atoms with Gasteiger partial charge in [0.2, 0.25) is 11.8 Å². The monoisotopic (exact) mass is 593 g/mol. The molecule has 2 aromatic carbocycles. The first-order valence-corrected chi connectivity index (χ1v) is 14.5. The Kier molecular flexibility index (Phi) is 13.6. The average molecular weight is 594 g/mol. The second-order valence-corrected chi connectivity index (χ2v) is 11.0. The van der Waals surface area contributed by atoms with Crippen LogP contribution >= 0.6 is 0 Å². The summed E-state index contributed by atoms with van der Waals surface area (Å²) >= 11 is 0. The first-order valence-electron chi connectivity index (χ1n) is 14.5. The molecule has 2 aromatic rings. The minimum Gasteiger partial charge on any atom is -0.508 e. The number of nitrogens with zero attached hydrogens (tertiary/aromatic N) is 1. The van der Waals surface area contributed by atoms with Crippen LogP contribution in [0, 0.1) is 12.3 Å². The minimum absolute atomic E-state index is 0.0134. The Labute approximate surface area is 254 Å². The maximum absolute atomic E-state index is 14.4. The molecule has 10 nitrogen and oxygen atoms in total. The van der Waals surface area contributed by atoms with Crippen molar-refractivity contribution in [2.75, 3.05) is 19.7 Å². The van der Waals surface area contributed by atoms with Crippen molar-refractivity contribution >= 4 is 23.9 Å². The van der Waals surface area contributed by atoms with Crippen molar-refractivity contribution in [1.29, 1.82) is 0 Å². The Morgan fingerprint density at radius 1 is 1.02 bits per heavy atom. The SMILES string of the molecule is C#Cc1ccc(C(C(=O)NCCC(=O)OCC)N(CCCC)C(=O)C(Cc2ccc(O)cc2)NC(=O)OC(C)(C)C)cc1. The van der Waals surface area contributed by atoms with E-state index in [2.05, 4.69) is 16.6 Å². The molecule has 0 aliphatic rings. The van der Waals surface area contributed by atoms with Crippen LogP contribution in [0.15, 0.2) is 48.5 Å². The van der Waals surface area contributed by atoms with Crippen LogP contribution < -0.4 is 10.6 Å². The molecule has 43 heavy (non-hydrogen) atoms. The van der Waals surface area contributed by atoms with Gasteiger partial charge in [0.05, 0.1) is 13.0 Å². The largest absolute Gasteiger partial charge is 0.508 e. The van der Waals surface area contributed by atoms with Gasteiger partial charge in [-0.15, -0.1) is 6.42 Å². The molecule has 0 bridgehead atoms. The molecule has 0 saturated heterocycles. The molecule has 0 saturated carbocycles. The first-order chi connectivity index (χ1) is 20.4. The highest BCUT2D eigenvalue weighted by molar-refractivity contribution is 5.92. The van der Waals surface area contributed by atoms with E-state index < -0.39 is 41.6 Å². The van der Waals surface area contributed by atoms with Crippen molar-refractivity contribution in [1.82, 2.24) is 15.5 Å². The summed E-state index contributed by atoms with van der Waals surface area (Å²) in [6, 6.07) is 10.8. The van der Waals surface area contributed by atoms with Gasteiger partial charge in [-0.2, -0.15) is 0 Å². The molecule has 0 spiro atoms. The summed E-state index contributed by atoms with van der Waals surface area (Å²) in [5.41, 5.74) is 0.987. The van der Waals surface area contributed by atoms with E-state index >= 15 is 0 Å². The van der Waals surface area contributed by atoms with Crippen LogP contribution in [0.4, 0.5) is 4.79 Å². The van der Waals surface area contributed by atoms with Gasteiger partial charge < -0.3 is 30.1 Å². The molecule has 2 rings (SSSR count). The van der Waals surface area contributed by atoms with E-state index in [1.54, 1.807) is 64.1 Å². The van der Waals surface area contributed by atoms with Crippen LogP contribution in [0.25, 0.3) is 0 Å². The minimum atomic E-state index is -1.10. The fourth-order valence-corrected chi connectivity index (χ4v) is 4.26. The van der Waals surface area contributed by atoms with Gasteiger partial charge in [0, 0.05) is 25.1 Å². The Morgan fingerprint density at radius 2 is 1.67 bits per heavy atom. The zero-order chi connectivity index (χ0) is 32.0. The topological polar surface area (TPSA) is 134 Å². The smallest absolute Gasteiger partial charge is 0.408 e. The lowest BCUT2D eigenvalue weighted by atomic mass is 9.99. The highest BCUT2D eigenvalue weighted by Gasteiger charge is 2.36. The number of unbranched alkanes of at least 4 members (excludes halogenated alkanes) is 1. The molecule has 0 radical (unpaired) electrons. The average Bonchev–Trinajstić information content (AvgIpc) is 2.95. The van der Waals surface area contributed by atoms with E-state index in [4.69, 9.17) is 15.9 Å². The summed E-state index contributed by atoms with van der Waals surface area (Å²) in [6.45, 7) is 9.26. The third-order valence-corrected chi connectivity index (χ3v) is 6.29. The molecule has 0 aliphatic carbocycles. The highest BCUT2D eigenvalue weighted by atomic mass is 16.6. The van der Waals surface area contributed by atoms with E-state index in [-0.39, 0.29) is 38.3 Å². The molecule has 0 fully saturated rings. The number of nitrogens with one attached hydrogen (secondary N) is 2. The predicted molar refractivity (Wildman–Crippen MR) is 163 cm³/mol. The molecule has 2 unspecified atom stereocenters. The zero-order valence-electron chi connectivity index (χ0n) is 25.6. The van der Waals surface area contributed by atoms with E-state index in [1.165, 1.54) is 17.0 Å². The van der Waals surface area contributed by atoms with Crippen LogP contribution in [0.1, 0.15) is 76.6 Å². The van der Waals surface area contributed by atoms with E-state index in [0.29, 0.717) is 23.1 Å². The van der Waals surface area contributed by atoms with Gasteiger partial charge in [0.25, 0.3) is 0 Å². The number of esters is 1. The Hall–Kier alpha value is -4.52. The molecule has 3 amide bonds. The number of phenolic OH excluding ortho intramolecular Hbond substituents is 1. The maximum atomic E-state index is 14.4. The third-order valence-electron chi connectivity index (χ3n) is 6.29. The Morgan fingerprint density at radius 3 is 2.23 bits per heavy atom. The normalized spacial score (nSPS) is 12.3. The van der Waals surface area contributed by atoms with E-state index in [9.17, 15) is 24.3 Å². The lowest BCUT2D eigenvalue weighted by Gasteiger charge is -2.34. The van der Waals surface area contributed by atoms with Crippen molar-refractivity contribution in [2.24, 2.45) is 0 Å². The van der Waals surface area contributed by atoms with Gasteiger partial charge in [-0.25, -0.2) is 4.79 Å². The zero-order valence-corrected chi connectivity index (χ0v) is 25.6. The van der Waals surface area contributed by atoms with Crippen LogP contribution in [-0.4, -0.2) is 65.2 Å². The predicted octanol–water partition coefficient (Wildman–Crippen LogP) is 4.25. The molecule has 232 valence electrons. The van der Waals surface area contributed by atoms with Crippen LogP contribution in [-0.2, 0) is 30.3 Å². The van der Waals surface area contributed by atoms with E-state index in [0.717, 1.165) is 6.42 Å². The lowest BCUT2D eigenvalue weighted by molar-refractivity contribution is -0.144. The Bertz CT molecular complexity index is 1260. The number of hydrogen-bond donors (Lipinski definition) is 3. The van der Waals surface area contributed by atoms with Gasteiger partial charge in [0.1, 0.15) is 23.4 Å². The summed E-state index contributed by atoms with van der Waals surface area (Å²) in [4.78, 5) is 54.3. The van der Waals surface area contributed by atoms with Crippen molar-refractivity contribution in [3.05, 3.63) is 65.2 Å². The lowest BCUT2D eigenvalue weighted by Crippen LogP contribution is -2.54. The number of ether oxygens (including phenoxy) is 2. The molecule has 2 atom stereocenters. The highest BCUT2D eigenvalue weighted by Crippen LogP contribution is 2.25. The number of benzene rings is 2. The Balaban J connectivity index is 2.52. The number of phenols is 1. The van der Waals surface area contributed by atoms with Crippen molar-refractivity contribution in [3.8, 4) is 18.1 Å². The number of aromatic hydroxyl groups is 1. The number of alkyl carbamates (subject to hydrolysis) is 1. The van der Waals surface area contributed by atoms with Crippen molar-refractivity contribution in [3.63, 3.8) is 0 Å². The van der Waals surface area contributed by atoms with Gasteiger partial charge >= 0.3 is 12.1 Å². The van der Waals surface area contributed by atoms with Gasteiger partial charge in [-0.05, 0) is 69.5 Å². The molecule has 10 heteroatoms. The van der Waals surface area contributed by atoms with E-state index in [1.807, 2.05) is 6.92 Å². The summed E-state index contributed by atoms with van der Waals surface area (Å²) in [5, 5.41) is 15.2.